The van der Waals surface area contributed by atoms with E-state index >= 15 is 0 Å². The number of aromatic amines is 1. The average molecular weight is 586 g/mol. The number of aromatic nitrogens is 2. The Hall–Kier alpha value is -2.40. The number of H-pyrrole nitrogens is 1. The molecule has 4 rings (SSSR count). The average Bonchev–Trinajstić information content (AvgIpc) is 3.47. The van der Waals surface area contributed by atoms with Crippen LogP contribution in [0.5, 0.6) is 0 Å². The lowest BCUT2D eigenvalue weighted by atomic mass is 10.0. The van der Waals surface area contributed by atoms with Gasteiger partial charge in [-0.3, -0.25) is 9.69 Å². The summed E-state index contributed by atoms with van der Waals surface area (Å²) in [4.78, 5) is 37.7. The first-order valence-electron chi connectivity index (χ1n) is 12.3. The van der Waals surface area contributed by atoms with Gasteiger partial charge in [0.2, 0.25) is 0 Å². The summed E-state index contributed by atoms with van der Waals surface area (Å²) in [6, 6.07) is 1.33. The third-order valence-electron chi connectivity index (χ3n) is 6.62. The normalized spacial score (nSPS) is 21.1. The molecule has 0 aliphatic carbocycles. The van der Waals surface area contributed by atoms with E-state index in [0.29, 0.717) is 72.2 Å². The van der Waals surface area contributed by atoms with Crippen LogP contribution in [0.15, 0.2) is 0 Å². The highest BCUT2D eigenvalue weighted by atomic mass is 35.5. The number of piperidine rings is 1. The van der Waals surface area contributed by atoms with Crippen LogP contribution in [0, 0.1) is 18.3 Å². The summed E-state index contributed by atoms with van der Waals surface area (Å²) in [6.45, 7) is 6.82. The van der Waals surface area contributed by atoms with Crippen LogP contribution >= 0.6 is 34.5 Å². The van der Waals surface area contributed by atoms with Gasteiger partial charge in [-0.05, 0) is 20.3 Å². The molecular weight excluding hydrogens is 555 g/mol. The van der Waals surface area contributed by atoms with Crippen LogP contribution in [-0.2, 0) is 14.2 Å². The SMILES string of the molecule is CCOC(=O)c1sc(N2CC[C@@H](NC(=O)c3[nH]c(C)c(Cl)c3Cl)[C@@H](OC)C2)nc1C(C#N)N1CCOCC1. The lowest BCUT2D eigenvalue weighted by Gasteiger charge is -2.38. The fourth-order valence-electron chi connectivity index (χ4n) is 4.60. The van der Waals surface area contributed by atoms with E-state index in [0.717, 1.165) is 0 Å². The van der Waals surface area contributed by atoms with Crippen LogP contribution < -0.4 is 10.2 Å². The van der Waals surface area contributed by atoms with Crippen molar-refractivity contribution in [2.45, 2.75) is 38.5 Å². The van der Waals surface area contributed by atoms with Crippen molar-refractivity contribution in [2.24, 2.45) is 0 Å². The van der Waals surface area contributed by atoms with Crippen LogP contribution in [-0.4, -0.2) is 92.0 Å². The van der Waals surface area contributed by atoms with Crippen molar-refractivity contribution in [1.82, 2.24) is 20.2 Å². The monoisotopic (exact) mass is 584 g/mol. The minimum absolute atomic E-state index is 0.183. The first kappa shape index (κ1) is 28.6. The van der Waals surface area contributed by atoms with E-state index in [2.05, 4.69) is 16.4 Å². The summed E-state index contributed by atoms with van der Waals surface area (Å²) in [7, 11) is 1.58. The number of rotatable bonds is 8. The number of nitriles is 1. The Morgan fingerprint density at radius 3 is 2.66 bits per heavy atom. The van der Waals surface area contributed by atoms with Crippen LogP contribution in [0.3, 0.4) is 0 Å². The second-order valence-corrected chi connectivity index (χ2v) is 10.7. The van der Waals surface area contributed by atoms with E-state index in [9.17, 15) is 14.9 Å². The van der Waals surface area contributed by atoms with Crippen molar-refractivity contribution in [3.05, 3.63) is 32.0 Å². The molecule has 2 aromatic heterocycles. The molecule has 0 bridgehead atoms. The smallest absolute Gasteiger partial charge is 0.350 e. The molecule has 2 aliphatic heterocycles. The van der Waals surface area contributed by atoms with E-state index in [-0.39, 0.29) is 35.4 Å². The Bertz CT molecular complexity index is 1210. The van der Waals surface area contributed by atoms with Crippen molar-refractivity contribution in [1.29, 1.82) is 5.26 Å². The number of esters is 1. The van der Waals surface area contributed by atoms with Gasteiger partial charge in [0.15, 0.2) is 5.13 Å². The fraction of sp³-hybridized carbons (Fsp3) is 0.583. The Kier molecular flexibility index (Phi) is 9.51. The molecule has 0 aromatic carbocycles. The molecule has 4 heterocycles. The number of nitrogens with zero attached hydrogens (tertiary/aromatic N) is 4. The van der Waals surface area contributed by atoms with Gasteiger partial charge in [-0.1, -0.05) is 34.5 Å². The van der Waals surface area contributed by atoms with Gasteiger partial charge in [0, 0.05) is 39.0 Å². The molecule has 3 atom stereocenters. The van der Waals surface area contributed by atoms with Crippen molar-refractivity contribution >= 4 is 51.5 Å². The number of hydrogen-bond donors (Lipinski definition) is 2. The molecule has 2 fully saturated rings. The summed E-state index contributed by atoms with van der Waals surface area (Å²) >= 11 is 13.5. The van der Waals surface area contributed by atoms with Crippen LogP contribution in [0.25, 0.3) is 0 Å². The summed E-state index contributed by atoms with van der Waals surface area (Å²) in [5, 5.41) is 14.1. The topological polar surface area (TPSA) is 133 Å². The highest BCUT2D eigenvalue weighted by molar-refractivity contribution is 7.17. The Balaban J connectivity index is 1.53. The van der Waals surface area contributed by atoms with Crippen molar-refractivity contribution in [3.8, 4) is 6.07 Å². The number of amides is 1. The number of ether oxygens (including phenoxy) is 3. The Morgan fingerprint density at radius 1 is 1.32 bits per heavy atom. The number of nitrogens with one attached hydrogen (secondary N) is 2. The predicted octanol–water partition coefficient (Wildman–Crippen LogP) is 3.18. The highest BCUT2D eigenvalue weighted by Crippen LogP contribution is 2.35. The molecule has 2 N–H and O–H groups in total. The van der Waals surface area contributed by atoms with Crippen molar-refractivity contribution in [3.63, 3.8) is 0 Å². The van der Waals surface area contributed by atoms with E-state index in [1.165, 1.54) is 11.3 Å². The standard InChI is InChI=1S/C24H30Cl2N6O5S/c1-4-37-23(34)21-19(15(11-27)31-7-9-36-10-8-31)30-24(38-21)32-6-5-14(16(12-32)35-3)29-22(33)20-18(26)17(25)13(2)28-20/h14-16,28H,4-10,12H2,1-3H3,(H,29,33)/t14-,15?,16+/m1/s1. The van der Waals surface area contributed by atoms with Gasteiger partial charge in [-0.2, -0.15) is 5.26 Å². The van der Waals surface area contributed by atoms with Gasteiger partial charge in [-0.25, -0.2) is 9.78 Å². The number of halogens is 2. The number of anilines is 1. The van der Waals surface area contributed by atoms with Gasteiger partial charge in [0.05, 0.1) is 48.1 Å². The number of thiazole rings is 1. The number of carbonyl (C=O) groups is 2. The quantitative estimate of drug-likeness (QED) is 0.448. The van der Waals surface area contributed by atoms with Crippen molar-refractivity contribution < 1.29 is 23.8 Å². The number of carbonyl (C=O) groups excluding carboxylic acids is 2. The lowest BCUT2D eigenvalue weighted by molar-refractivity contribution is 0.0256. The van der Waals surface area contributed by atoms with Crippen LogP contribution in [0.4, 0.5) is 5.13 Å². The van der Waals surface area contributed by atoms with Crippen LogP contribution in [0.1, 0.15) is 50.9 Å². The fourth-order valence-corrected chi connectivity index (χ4v) is 6.04. The molecule has 1 amide bonds. The lowest BCUT2D eigenvalue weighted by Crippen LogP contribution is -2.55. The molecule has 11 nitrogen and oxygen atoms in total. The second-order valence-electron chi connectivity index (χ2n) is 8.95. The van der Waals surface area contributed by atoms with Gasteiger partial charge >= 0.3 is 5.97 Å². The molecule has 2 aromatic rings. The number of morpholine rings is 1. The number of hydrogen-bond acceptors (Lipinski definition) is 10. The zero-order chi connectivity index (χ0) is 27.4. The molecule has 2 saturated heterocycles. The molecule has 1 unspecified atom stereocenters. The molecule has 0 saturated carbocycles. The second kappa shape index (κ2) is 12.6. The van der Waals surface area contributed by atoms with Crippen LogP contribution in [0.2, 0.25) is 10.0 Å². The zero-order valence-electron chi connectivity index (χ0n) is 21.4. The van der Waals surface area contributed by atoms with Gasteiger partial charge in [0.1, 0.15) is 22.3 Å². The van der Waals surface area contributed by atoms with Gasteiger partial charge in [0.25, 0.3) is 5.91 Å². The predicted molar refractivity (Wildman–Crippen MR) is 143 cm³/mol. The van der Waals surface area contributed by atoms with Crippen molar-refractivity contribution in [2.75, 3.05) is 58.0 Å². The summed E-state index contributed by atoms with van der Waals surface area (Å²) in [6.07, 6.45) is 0.201. The molecule has 2 aliphatic rings. The largest absolute Gasteiger partial charge is 0.462 e. The molecule has 0 spiro atoms. The summed E-state index contributed by atoms with van der Waals surface area (Å²) < 4.78 is 16.4. The van der Waals surface area contributed by atoms with E-state index < -0.39 is 12.0 Å². The Labute approximate surface area is 234 Å². The molecule has 0 radical (unpaired) electrons. The molecule has 14 heteroatoms. The van der Waals surface area contributed by atoms with Gasteiger partial charge in [-0.15, -0.1) is 0 Å². The maximum atomic E-state index is 12.9. The number of aryl methyl sites for hydroxylation is 1. The number of methoxy groups -OCH3 is 1. The highest BCUT2D eigenvalue weighted by Gasteiger charge is 2.36. The first-order chi connectivity index (χ1) is 18.3. The van der Waals surface area contributed by atoms with E-state index in [4.69, 9.17) is 42.4 Å². The van der Waals surface area contributed by atoms with Gasteiger partial charge < -0.3 is 29.4 Å². The third kappa shape index (κ3) is 5.93. The molecule has 38 heavy (non-hydrogen) atoms. The Morgan fingerprint density at radius 2 is 2.05 bits per heavy atom. The maximum Gasteiger partial charge on any atom is 0.350 e. The maximum absolute atomic E-state index is 12.9. The molecule has 206 valence electrons. The van der Waals surface area contributed by atoms with E-state index in [1.54, 1.807) is 21.0 Å². The third-order valence-corrected chi connectivity index (χ3v) is 8.68. The summed E-state index contributed by atoms with van der Waals surface area (Å²) in [5.41, 5.74) is 1.22. The minimum atomic E-state index is -0.695. The van der Waals surface area contributed by atoms with E-state index in [1.807, 2.05) is 9.80 Å². The summed E-state index contributed by atoms with van der Waals surface area (Å²) in [5.74, 6) is -0.865. The molecular formula is C24H30Cl2N6O5S. The minimum Gasteiger partial charge on any atom is -0.462 e. The first-order valence-corrected chi connectivity index (χ1v) is 13.9. The zero-order valence-corrected chi connectivity index (χ0v) is 23.7.